The van der Waals surface area contributed by atoms with Crippen molar-refractivity contribution in [3.05, 3.63) is 28.2 Å². The summed E-state index contributed by atoms with van der Waals surface area (Å²) in [4.78, 5) is 24.1. The smallest absolute Gasteiger partial charge is 0.471 e. The van der Waals surface area contributed by atoms with Gasteiger partial charge in [-0.1, -0.05) is 26.8 Å². The van der Waals surface area contributed by atoms with Gasteiger partial charge >= 0.3 is 12.1 Å². The van der Waals surface area contributed by atoms with Crippen molar-refractivity contribution in [1.29, 1.82) is 0 Å². The second-order valence-electron chi connectivity index (χ2n) is 8.48. The van der Waals surface area contributed by atoms with Crippen LogP contribution < -0.4 is 10.1 Å². The minimum absolute atomic E-state index is 0.00894. The maximum Gasteiger partial charge on any atom is 0.471 e. The van der Waals surface area contributed by atoms with Gasteiger partial charge < -0.3 is 15.0 Å². The maximum absolute atomic E-state index is 12.5. The van der Waals surface area contributed by atoms with Crippen LogP contribution in [0.2, 0.25) is 0 Å². The summed E-state index contributed by atoms with van der Waals surface area (Å²) in [7, 11) is 0. The first-order valence-corrected chi connectivity index (χ1v) is 10.8. The van der Waals surface area contributed by atoms with Gasteiger partial charge in [0.2, 0.25) is 5.91 Å². The first kappa shape index (κ1) is 24.5. The van der Waals surface area contributed by atoms with Crippen LogP contribution in [0.4, 0.5) is 13.2 Å². The molecule has 30 heavy (non-hydrogen) atoms. The number of amides is 2. The van der Waals surface area contributed by atoms with E-state index in [0.717, 1.165) is 9.37 Å². The van der Waals surface area contributed by atoms with Crippen LogP contribution in [0.25, 0.3) is 0 Å². The Balaban J connectivity index is 1.68. The minimum atomic E-state index is -4.85. The van der Waals surface area contributed by atoms with Crippen molar-refractivity contribution in [3.8, 4) is 5.75 Å². The maximum atomic E-state index is 12.5. The zero-order chi connectivity index (χ0) is 22.5. The fraction of sp³-hybridized carbons (Fsp3) is 0.619. The summed E-state index contributed by atoms with van der Waals surface area (Å²) >= 11 is 3.51. The molecule has 0 radical (unpaired) electrons. The average Bonchev–Trinajstić information content (AvgIpc) is 2.64. The summed E-state index contributed by atoms with van der Waals surface area (Å²) in [6.45, 7) is 6.75. The second-order valence-corrected chi connectivity index (χ2v) is 9.33. The van der Waals surface area contributed by atoms with E-state index in [0.29, 0.717) is 31.6 Å². The number of benzene rings is 1. The Hall–Kier alpha value is -1.77. The molecule has 0 saturated carbocycles. The fourth-order valence-corrected chi connectivity index (χ4v) is 3.70. The number of rotatable bonds is 6. The Morgan fingerprint density at radius 2 is 1.83 bits per heavy atom. The van der Waals surface area contributed by atoms with Crippen LogP contribution in [0.15, 0.2) is 22.7 Å². The molecule has 0 spiro atoms. The van der Waals surface area contributed by atoms with Crippen molar-refractivity contribution in [1.82, 2.24) is 10.2 Å². The zero-order valence-electron chi connectivity index (χ0n) is 17.4. The quantitative estimate of drug-likeness (QED) is 0.591. The lowest BCUT2D eigenvalue weighted by molar-refractivity contribution is -0.186. The van der Waals surface area contributed by atoms with E-state index in [1.165, 1.54) is 5.56 Å². The van der Waals surface area contributed by atoms with Gasteiger partial charge in [0, 0.05) is 25.6 Å². The first-order chi connectivity index (χ1) is 13.9. The summed E-state index contributed by atoms with van der Waals surface area (Å²) in [5.74, 6) is -1.27. The Morgan fingerprint density at radius 3 is 2.37 bits per heavy atom. The number of carbonyl (C=O) groups excluding carboxylic acids is 2. The molecule has 0 atom stereocenters. The van der Waals surface area contributed by atoms with Crippen LogP contribution in [-0.2, 0) is 15.0 Å². The second kappa shape index (κ2) is 10.0. The molecule has 168 valence electrons. The summed E-state index contributed by atoms with van der Waals surface area (Å²) in [6, 6.07) is 5.73. The summed E-state index contributed by atoms with van der Waals surface area (Å²) in [6.07, 6.45) is -3.43. The topological polar surface area (TPSA) is 58.6 Å². The highest BCUT2D eigenvalue weighted by molar-refractivity contribution is 9.10. The number of likely N-dealkylation sites (tertiary alicyclic amines) is 1. The number of piperidine rings is 1. The van der Waals surface area contributed by atoms with Gasteiger partial charge in [-0.2, -0.15) is 13.2 Å². The molecule has 1 aliphatic rings. The molecular weight excluding hydrogens is 465 g/mol. The Bertz CT molecular complexity index is 755. The average molecular weight is 493 g/mol. The molecule has 1 aromatic rings. The van der Waals surface area contributed by atoms with Crippen molar-refractivity contribution < 1.29 is 27.5 Å². The molecule has 5 nitrogen and oxygen atoms in total. The Kier molecular flexibility index (Phi) is 8.19. The fourth-order valence-electron chi connectivity index (χ4n) is 3.21. The van der Waals surface area contributed by atoms with E-state index in [1.54, 1.807) is 0 Å². The van der Waals surface area contributed by atoms with Crippen molar-refractivity contribution in [2.75, 3.05) is 19.7 Å². The third kappa shape index (κ3) is 7.18. The predicted octanol–water partition coefficient (Wildman–Crippen LogP) is 4.58. The molecule has 0 aromatic heterocycles. The first-order valence-electron chi connectivity index (χ1n) is 9.96. The molecule has 0 bridgehead atoms. The van der Waals surface area contributed by atoms with Crippen molar-refractivity contribution in [2.45, 2.75) is 64.1 Å². The molecule has 2 amide bonds. The predicted molar refractivity (Wildman–Crippen MR) is 111 cm³/mol. The lowest BCUT2D eigenvalue weighted by Gasteiger charge is -2.32. The SMILES string of the molecule is CC(C)(C)c1ccc(OCCCC(=O)NC2CCN(C(=O)C(F)(F)F)CC2)c(Br)c1. The van der Waals surface area contributed by atoms with Gasteiger partial charge in [-0.05, 0) is 58.3 Å². The van der Waals surface area contributed by atoms with Gasteiger partial charge in [-0.25, -0.2) is 0 Å². The van der Waals surface area contributed by atoms with E-state index in [2.05, 4.69) is 42.0 Å². The third-order valence-corrected chi connectivity index (χ3v) is 5.61. The summed E-state index contributed by atoms with van der Waals surface area (Å²) in [5, 5.41) is 2.83. The van der Waals surface area contributed by atoms with E-state index < -0.39 is 12.1 Å². The highest BCUT2D eigenvalue weighted by Gasteiger charge is 2.43. The number of alkyl halides is 3. The van der Waals surface area contributed by atoms with E-state index >= 15 is 0 Å². The monoisotopic (exact) mass is 492 g/mol. The number of hydrogen-bond acceptors (Lipinski definition) is 3. The molecule has 1 saturated heterocycles. The van der Waals surface area contributed by atoms with E-state index in [9.17, 15) is 22.8 Å². The van der Waals surface area contributed by atoms with Crippen molar-refractivity contribution >= 4 is 27.7 Å². The summed E-state index contributed by atoms with van der Waals surface area (Å²) in [5.41, 5.74) is 1.22. The number of carbonyl (C=O) groups is 2. The van der Waals surface area contributed by atoms with E-state index in [4.69, 9.17) is 4.74 Å². The summed E-state index contributed by atoms with van der Waals surface area (Å²) < 4.78 is 44.0. The Labute approximate surface area is 183 Å². The lowest BCUT2D eigenvalue weighted by Crippen LogP contribution is -2.50. The van der Waals surface area contributed by atoms with Gasteiger partial charge in [-0.3, -0.25) is 9.59 Å². The number of nitrogens with one attached hydrogen (secondary N) is 1. The third-order valence-electron chi connectivity index (χ3n) is 4.99. The lowest BCUT2D eigenvalue weighted by atomic mass is 9.87. The number of nitrogens with zero attached hydrogens (tertiary/aromatic N) is 1. The molecule has 0 aliphatic carbocycles. The van der Waals surface area contributed by atoms with Crippen LogP contribution in [0.5, 0.6) is 5.75 Å². The number of ether oxygens (including phenoxy) is 1. The van der Waals surface area contributed by atoms with Gasteiger partial charge in [0.25, 0.3) is 0 Å². The van der Waals surface area contributed by atoms with Crippen molar-refractivity contribution in [2.24, 2.45) is 0 Å². The van der Waals surface area contributed by atoms with Gasteiger partial charge in [0.15, 0.2) is 0 Å². The highest BCUT2D eigenvalue weighted by Crippen LogP contribution is 2.31. The number of hydrogen-bond donors (Lipinski definition) is 1. The Morgan fingerprint density at radius 1 is 1.20 bits per heavy atom. The van der Waals surface area contributed by atoms with Crippen molar-refractivity contribution in [3.63, 3.8) is 0 Å². The molecule has 1 fully saturated rings. The molecule has 9 heteroatoms. The number of halogens is 4. The highest BCUT2D eigenvalue weighted by atomic mass is 79.9. The van der Waals surface area contributed by atoms with Crippen LogP contribution >= 0.6 is 15.9 Å². The molecule has 1 aliphatic heterocycles. The zero-order valence-corrected chi connectivity index (χ0v) is 19.0. The standard InChI is InChI=1S/C21H28BrF3N2O3/c1-20(2,3)14-6-7-17(16(22)13-14)30-12-4-5-18(28)26-15-8-10-27(11-9-15)19(29)21(23,24)25/h6-7,13,15H,4-5,8-12H2,1-3H3,(H,26,28). The van der Waals surface area contributed by atoms with Crippen LogP contribution in [0.3, 0.4) is 0 Å². The van der Waals surface area contributed by atoms with Gasteiger partial charge in [0.05, 0.1) is 11.1 Å². The van der Waals surface area contributed by atoms with E-state index in [-0.39, 0.29) is 36.9 Å². The molecule has 2 rings (SSSR count). The minimum Gasteiger partial charge on any atom is -0.492 e. The largest absolute Gasteiger partial charge is 0.492 e. The molecule has 1 N–H and O–H groups in total. The van der Waals surface area contributed by atoms with Crippen LogP contribution in [0.1, 0.15) is 52.0 Å². The molecule has 1 heterocycles. The van der Waals surface area contributed by atoms with Crippen LogP contribution in [0, 0.1) is 0 Å². The van der Waals surface area contributed by atoms with Gasteiger partial charge in [0.1, 0.15) is 5.75 Å². The van der Waals surface area contributed by atoms with E-state index in [1.807, 2.05) is 18.2 Å². The van der Waals surface area contributed by atoms with Gasteiger partial charge in [-0.15, -0.1) is 0 Å². The normalized spacial score (nSPS) is 15.8. The van der Waals surface area contributed by atoms with Crippen LogP contribution in [-0.4, -0.2) is 48.6 Å². The molecular formula is C21H28BrF3N2O3. The molecule has 0 unspecified atom stereocenters. The molecule has 1 aromatic carbocycles.